The van der Waals surface area contributed by atoms with Crippen molar-refractivity contribution in [2.75, 3.05) is 29.4 Å². The Labute approximate surface area is 192 Å². The van der Waals surface area contributed by atoms with E-state index in [1.165, 1.54) is 11.8 Å². The zero-order valence-corrected chi connectivity index (χ0v) is 19.5. The summed E-state index contributed by atoms with van der Waals surface area (Å²) in [6, 6.07) is 5.21. The minimum atomic E-state index is -1.06. The Kier molecular flexibility index (Phi) is 5.55. The van der Waals surface area contributed by atoms with Crippen LogP contribution < -0.4 is 9.80 Å². The Morgan fingerprint density at radius 2 is 1.79 bits per heavy atom. The van der Waals surface area contributed by atoms with Crippen LogP contribution in [0, 0.1) is 0 Å². The van der Waals surface area contributed by atoms with Crippen molar-refractivity contribution in [3.63, 3.8) is 0 Å². The highest BCUT2D eigenvalue weighted by molar-refractivity contribution is 6.02. The van der Waals surface area contributed by atoms with Crippen LogP contribution in [0.4, 0.5) is 21.0 Å². The third-order valence-corrected chi connectivity index (χ3v) is 5.81. The van der Waals surface area contributed by atoms with Crippen molar-refractivity contribution < 1.29 is 24.2 Å². The van der Waals surface area contributed by atoms with Crippen LogP contribution in [0.2, 0.25) is 0 Å². The molecule has 33 heavy (non-hydrogen) atoms. The number of anilines is 2. The van der Waals surface area contributed by atoms with Gasteiger partial charge in [0.1, 0.15) is 5.60 Å². The van der Waals surface area contributed by atoms with Crippen molar-refractivity contribution in [2.24, 2.45) is 0 Å². The normalized spacial score (nSPS) is 18.6. The molecule has 0 aliphatic carbocycles. The van der Waals surface area contributed by atoms with E-state index in [0.29, 0.717) is 24.5 Å². The maximum atomic E-state index is 12.2. The second-order valence-corrected chi connectivity index (χ2v) is 9.58. The highest BCUT2D eigenvalue weighted by atomic mass is 16.6. The van der Waals surface area contributed by atoms with Gasteiger partial charge in [-0.05, 0) is 45.4 Å². The number of hydrogen-bond donors (Lipinski definition) is 1. The maximum Gasteiger partial charge on any atom is 0.411 e. The van der Waals surface area contributed by atoms with Crippen LogP contribution in [-0.2, 0) is 9.53 Å². The number of likely N-dealkylation sites (tertiary alicyclic amines) is 1. The Hall–Kier alpha value is -3.56. The smallest absolute Gasteiger partial charge is 0.411 e. The molecule has 0 saturated carbocycles. The molecule has 2 aromatic rings. The van der Waals surface area contributed by atoms with Gasteiger partial charge in [-0.2, -0.15) is 5.10 Å². The Bertz CT molecular complexity index is 1100. The number of aromatic nitrogens is 2. The minimum absolute atomic E-state index is 0.0495. The lowest BCUT2D eigenvalue weighted by molar-refractivity contribution is -0.117. The van der Waals surface area contributed by atoms with Gasteiger partial charge < -0.3 is 19.6 Å². The molecular formula is C23H29N5O5. The standard InChI is InChI=1S/C23H29N5O5/c1-14-10-26(21(30)31)20-8-16(6-7-19(20)28(14)15(2)29)17-9-24-27(11-17)18-12-25(13-18)22(32)33-23(3,4)5/h6-9,11,14,18H,10,12-13H2,1-5H3,(H,30,31)/t14-/m0/s1. The van der Waals surface area contributed by atoms with Crippen LogP contribution in [-0.4, -0.2) is 69.2 Å². The molecule has 0 bridgehead atoms. The topological polar surface area (TPSA) is 108 Å². The molecule has 1 aromatic heterocycles. The van der Waals surface area contributed by atoms with E-state index < -0.39 is 11.7 Å². The van der Waals surface area contributed by atoms with Crippen LogP contribution >= 0.6 is 0 Å². The largest absolute Gasteiger partial charge is 0.465 e. The lowest BCUT2D eigenvalue weighted by Crippen LogP contribution is -2.52. The zero-order chi connectivity index (χ0) is 24.1. The van der Waals surface area contributed by atoms with Gasteiger partial charge in [0, 0.05) is 38.3 Å². The van der Waals surface area contributed by atoms with E-state index in [9.17, 15) is 19.5 Å². The fourth-order valence-electron chi connectivity index (χ4n) is 4.25. The predicted molar refractivity (Wildman–Crippen MR) is 122 cm³/mol. The van der Waals surface area contributed by atoms with Gasteiger partial charge in [0.05, 0.1) is 29.7 Å². The predicted octanol–water partition coefficient (Wildman–Crippen LogP) is 3.58. The molecule has 3 amide bonds. The molecule has 1 atom stereocenters. The average Bonchev–Trinajstić information content (AvgIpc) is 3.13. The van der Waals surface area contributed by atoms with Gasteiger partial charge in [-0.15, -0.1) is 0 Å². The number of amides is 3. The van der Waals surface area contributed by atoms with Gasteiger partial charge in [-0.3, -0.25) is 14.4 Å². The second-order valence-electron chi connectivity index (χ2n) is 9.58. The van der Waals surface area contributed by atoms with Gasteiger partial charge in [0.15, 0.2) is 0 Å². The molecular weight excluding hydrogens is 426 g/mol. The number of carboxylic acid groups (broad SMARTS) is 1. The number of rotatable bonds is 2. The fourth-order valence-corrected chi connectivity index (χ4v) is 4.25. The number of ether oxygens (including phenoxy) is 1. The van der Waals surface area contributed by atoms with Crippen molar-refractivity contribution >= 4 is 29.5 Å². The van der Waals surface area contributed by atoms with Gasteiger partial charge in [-0.1, -0.05) is 6.07 Å². The Morgan fingerprint density at radius 1 is 1.09 bits per heavy atom. The molecule has 10 heteroatoms. The molecule has 2 aliphatic rings. The SMILES string of the molecule is CC(=O)N1c2ccc(-c3cnn(C4CN(C(=O)OC(C)(C)C)C4)c3)cc2N(C(=O)O)C[C@@H]1C. The highest BCUT2D eigenvalue weighted by Gasteiger charge is 2.36. The molecule has 0 radical (unpaired) electrons. The number of carbonyl (C=O) groups excluding carboxylic acids is 2. The van der Waals surface area contributed by atoms with E-state index in [1.807, 2.05) is 44.6 Å². The molecule has 0 spiro atoms. The summed E-state index contributed by atoms with van der Waals surface area (Å²) in [7, 11) is 0. The van der Waals surface area contributed by atoms with E-state index >= 15 is 0 Å². The quantitative estimate of drug-likeness (QED) is 0.742. The first-order chi connectivity index (χ1) is 15.4. The number of fused-ring (bicyclic) bond motifs is 1. The van der Waals surface area contributed by atoms with E-state index in [1.54, 1.807) is 28.1 Å². The van der Waals surface area contributed by atoms with Crippen molar-refractivity contribution in [3.05, 3.63) is 30.6 Å². The molecule has 2 aliphatic heterocycles. The summed E-state index contributed by atoms with van der Waals surface area (Å²) >= 11 is 0. The van der Waals surface area contributed by atoms with Crippen LogP contribution in [0.5, 0.6) is 0 Å². The first-order valence-electron chi connectivity index (χ1n) is 10.9. The molecule has 1 fully saturated rings. The summed E-state index contributed by atoms with van der Waals surface area (Å²) in [4.78, 5) is 40.7. The van der Waals surface area contributed by atoms with Crippen LogP contribution in [0.1, 0.15) is 40.7 Å². The van der Waals surface area contributed by atoms with Crippen molar-refractivity contribution in [1.29, 1.82) is 0 Å². The Balaban J connectivity index is 1.54. The molecule has 4 rings (SSSR count). The summed E-state index contributed by atoms with van der Waals surface area (Å²) < 4.78 is 7.21. The van der Waals surface area contributed by atoms with E-state index in [2.05, 4.69) is 5.10 Å². The molecule has 0 unspecified atom stereocenters. The lowest BCUT2D eigenvalue weighted by atomic mass is 10.0. The van der Waals surface area contributed by atoms with Crippen molar-refractivity contribution in [2.45, 2.75) is 52.3 Å². The Morgan fingerprint density at radius 3 is 2.39 bits per heavy atom. The molecule has 10 nitrogen and oxygen atoms in total. The number of carbonyl (C=O) groups is 3. The van der Waals surface area contributed by atoms with Gasteiger partial charge >= 0.3 is 12.2 Å². The summed E-state index contributed by atoms with van der Waals surface area (Å²) in [6.45, 7) is 10.0. The van der Waals surface area contributed by atoms with E-state index in [-0.39, 0.29) is 30.6 Å². The average molecular weight is 456 g/mol. The summed E-state index contributed by atoms with van der Waals surface area (Å²) in [6.07, 6.45) is 2.21. The molecule has 1 aromatic carbocycles. The molecule has 1 N–H and O–H groups in total. The monoisotopic (exact) mass is 455 g/mol. The molecule has 3 heterocycles. The molecule has 176 valence electrons. The number of nitrogens with zero attached hydrogens (tertiary/aromatic N) is 5. The summed E-state index contributed by atoms with van der Waals surface area (Å²) in [5.41, 5.74) is 2.14. The van der Waals surface area contributed by atoms with Gasteiger partial charge in [-0.25, -0.2) is 9.59 Å². The lowest BCUT2D eigenvalue weighted by Gasteiger charge is -2.39. The minimum Gasteiger partial charge on any atom is -0.465 e. The fraction of sp³-hybridized carbons (Fsp3) is 0.478. The number of hydrogen-bond acceptors (Lipinski definition) is 5. The first-order valence-corrected chi connectivity index (χ1v) is 10.9. The number of benzene rings is 1. The molecule has 1 saturated heterocycles. The van der Waals surface area contributed by atoms with Gasteiger partial charge in [0.25, 0.3) is 0 Å². The maximum absolute atomic E-state index is 12.2. The second kappa shape index (κ2) is 8.09. The highest BCUT2D eigenvalue weighted by Crippen LogP contribution is 2.39. The summed E-state index contributed by atoms with van der Waals surface area (Å²) in [5.74, 6) is -0.131. The van der Waals surface area contributed by atoms with E-state index in [0.717, 1.165) is 11.1 Å². The van der Waals surface area contributed by atoms with Crippen molar-refractivity contribution in [1.82, 2.24) is 14.7 Å². The first kappa shape index (κ1) is 22.6. The van der Waals surface area contributed by atoms with Crippen LogP contribution in [0.25, 0.3) is 11.1 Å². The van der Waals surface area contributed by atoms with Crippen molar-refractivity contribution in [3.8, 4) is 11.1 Å². The third kappa shape index (κ3) is 4.37. The summed E-state index contributed by atoms with van der Waals surface area (Å²) in [5, 5.41) is 14.2. The van der Waals surface area contributed by atoms with Crippen LogP contribution in [0.3, 0.4) is 0 Å². The van der Waals surface area contributed by atoms with Crippen LogP contribution in [0.15, 0.2) is 30.6 Å². The third-order valence-electron chi connectivity index (χ3n) is 5.81. The van der Waals surface area contributed by atoms with Gasteiger partial charge in [0.2, 0.25) is 5.91 Å². The zero-order valence-electron chi connectivity index (χ0n) is 19.5. The van der Waals surface area contributed by atoms with E-state index in [4.69, 9.17) is 4.74 Å².